The van der Waals surface area contributed by atoms with Crippen LogP contribution in [0, 0.1) is 0 Å². The predicted molar refractivity (Wildman–Crippen MR) is 58.4 cm³/mol. The lowest BCUT2D eigenvalue weighted by molar-refractivity contribution is 0.0928. The maximum absolute atomic E-state index is 11.7. The fraction of sp³-hybridized carbons (Fsp3) is 0.600. The topological polar surface area (TPSA) is 72.9 Å². The fourth-order valence-electron chi connectivity index (χ4n) is 1.43. The van der Waals surface area contributed by atoms with Crippen molar-refractivity contribution in [1.82, 2.24) is 14.9 Å². The van der Waals surface area contributed by atoms with E-state index in [0.717, 1.165) is 12.8 Å². The van der Waals surface area contributed by atoms with Crippen LogP contribution in [0.15, 0.2) is 12.5 Å². The number of imidazole rings is 1. The molecule has 1 aromatic heterocycles. The molecule has 0 fully saturated rings. The third-order valence-corrected chi connectivity index (χ3v) is 2.31. The van der Waals surface area contributed by atoms with Crippen LogP contribution < -0.4 is 11.1 Å². The van der Waals surface area contributed by atoms with Gasteiger partial charge in [-0.1, -0.05) is 13.3 Å². The highest BCUT2D eigenvalue weighted by atomic mass is 16.2. The second-order valence-electron chi connectivity index (χ2n) is 3.58. The number of nitrogens with zero attached hydrogens (tertiary/aromatic N) is 2. The van der Waals surface area contributed by atoms with Crippen LogP contribution in [0.4, 0.5) is 0 Å². The van der Waals surface area contributed by atoms with Crippen LogP contribution in [-0.4, -0.2) is 28.0 Å². The zero-order valence-electron chi connectivity index (χ0n) is 9.23. The number of nitrogens with one attached hydrogen (secondary N) is 1. The van der Waals surface area contributed by atoms with E-state index < -0.39 is 0 Å². The summed E-state index contributed by atoms with van der Waals surface area (Å²) < 4.78 is 1.69. The van der Waals surface area contributed by atoms with E-state index in [1.54, 1.807) is 24.1 Å². The molecule has 3 N–H and O–H groups in total. The Bertz CT molecular complexity index is 321. The summed E-state index contributed by atoms with van der Waals surface area (Å²) in [7, 11) is 1.79. The maximum atomic E-state index is 11.7. The van der Waals surface area contributed by atoms with Gasteiger partial charge < -0.3 is 15.6 Å². The average Bonchev–Trinajstić information content (AvgIpc) is 2.63. The Hall–Kier alpha value is -1.36. The minimum Gasteiger partial charge on any atom is -0.347 e. The highest BCUT2D eigenvalue weighted by Crippen LogP contribution is 1.99. The van der Waals surface area contributed by atoms with Gasteiger partial charge in [0, 0.05) is 19.6 Å². The van der Waals surface area contributed by atoms with Gasteiger partial charge in [0.1, 0.15) is 5.69 Å². The van der Waals surface area contributed by atoms with E-state index in [1.165, 1.54) is 0 Å². The molecule has 1 unspecified atom stereocenters. The van der Waals surface area contributed by atoms with Gasteiger partial charge in [-0.3, -0.25) is 4.79 Å². The lowest BCUT2D eigenvalue weighted by Crippen LogP contribution is -2.40. The molecule has 1 heterocycles. The average molecular weight is 210 g/mol. The molecular weight excluding hydrogens is 192 g/mol. The van der Waals surface area contributed by atoms with Crippen molar-refractivity contribution in [3.05, 3.63) is 18.2 Å². The molecule has 0 spiro atoms. The predicted octanol–water partition coefficient (Wildman–Crippen LogP) is 0.277. The van der Waals surface area contributed by atoms with Gasteiger partial charge in [-0.05, 0) is 6.42 Å². The number of aromatic nitrogens is 2. The maximum Gasteiger partial charge on any atom is 0.269 e. The van der Waals surface area contributed by atoms with Gasteiger partial charge in [0.25, 0.3) is 5.91 Å². The van der Waals surface area contributed by atoms with Crippen molar-refractivity contribution in [2.24, 2.45) is 12.8 Å². The molecule has 0 saturated heterocycles. The summed E-state index contributed by atoms with van der Waals surface area (Å²) >= 11 is 0. The minimum atomic E-state index is -0.112. The van der Waals surface area contributed by atoms with E-state index in [-0.39, 0.29) is 11.9 Å². The summed E-state index contributed by atoms with van der Waals surface area (Å²) in [4.78, 5) is 15.6. The van der Waals surface area contributed by atoms with Crippen LogP contribution in [0.2, 0.25) is 0 Å². The minimum absolute atomic E-state index is 0.0531. The Labute approximate surface area is 89.7 Å². The van der Waals surface area contributed by atoms with Gasteiger partial charge in [0.2, 0.25) is 0 Å². The van der Waals surface area contributed by atoms with Crippen LogP contribution in [0.25, 0.3) is 0 Å². The Morgan fingerprint density at radius 1 is 1.73 bits per heavy atom. The van der Waals surface area contributed by atoms with Crippen LogP contribution in [-0.2, 0) is 7.05 Å². The number of nitrogens with two attached hydrogens (primary N) is 1. The molecule has 1 atom stereocenters. The van der Waals surface area contributed by atoms with Crippen molar-refractivity contribution < 1.29 is 4.79 Å². The first-order valence-electron chi connectivity index (χ1n) is 5.16. The molecule has 0 radical (unpaired) electrons. The van der Waals surface area contributed by atoms with Gasteiger partial charge in [-0.2, -0.15) is 0 Å². The molecule has 0 aliphatic rings. The largest absolute Gasteiger partial charge is 0.347 e. The van der Waals surface area contributed by atoms with E-state index in [2.05, 4.69) is 17.2 Å². The summed E-state index contributed by atoms with van der Waals surface area (Å²) in [6.45, 7) is 2.54. The Balaban J connectivity index is 2.58. The highest BCUT2D eigenvalue weighted by molar-refractivity contribution is 5.92. The van der Waals surface area contributed by atoms with Gasteiger partial charge in [-0.25, -0.2) is 4.98 Å². The lowest BCUT2D eigenvalue weighted by atomic mass is 10.1. The number of hydrogen-bond donors (Lipinski definition) is 2. The molecule has 0 aromatic carbocycles. The van der Waals surface area contributed by atoms with Crippen molar-refractivity contribution in [3.8, 4) is 0 Å². The van der Waals surface area contributed by atoms with Crippen LogP contribution >= 0.6 is 0 Å². The number of carbonyl (C=O) groups excluding carboxylic acids is 1. The molecule has 5 heteroatoms. The number of aryl methyl sites for hydroxylation is 1. The Morgan fingerprint density at radius 2 is 2.47 bits per heavy atom. The second-order valence-corrected chi connectivity index (χ2v) is 3.58. The molecule has 15 heavy (non-hydrogen) atoms. The summed E-state index contributed by atoms with van der Waals surface area (Å²) in [6, 6.07) is 0.0531. The van der Waals surface area contributed by atoms with E-state index in [4.69, 9.17) is 5.73 Å². The summed E-state index contributed by atoms with van der Waals surface area (Å²) in [5, 5.41) is 2.89. The van der Waals surface area contributed by atoms with Gasteiger partial charge >= 0.3 is 0 Å². The van der Waals surface area contributed by atoms with Gasteiger partial charge in [0.15, 0.2) is 0 Å². The quantitative estimate of drug-likeness (QED) is 0.733. The van der Waals surface area contributed by atoms with Crippen LogP contribution in [0.3, 0.4) is 0 Å². The molecule has 0 saturated carbocycles. The monoisotopic (exact) mass is 210 g/mol. The summed E-state index contributed by atoms with van der Waals surface area (Å²) in [5.74, 6) is -0.112. The van der Waals surface area contributed by atoms with E-state index >= 15 is 0 Å². The number of hydrogen-bond acceptors (Lipinski definition) is 3. The van der Waals surface area contributed by atoms with E-state index in [9.17, 15) is 4.79 Å². The molecule has 1 amide bonds. The molecular formula is C10H18N4O. The molecule has 5 nitrogen and oxygen atoms in total. The molecule has 0 bridgehead atoms. The summed E-state index contributed by atoms with van der Waals surface area (Å²) in [5.41, 5.74) is 6.12. The normalized spacial score (nSPS) is 12.5. The smallest absolute Gasteiger partial charge is 0.269 e. The first-order chi connectivity index (χ1) is 7.19. The fourth-order valence-corrected chi connectivity index (χ4v) is 1.43. The SMILES string of the molecule is CCCC(CN)NC(=O)c1cncn1C. The third-order valence-electron chi connectivity index (χ3n) is 2.31. The van der Waals surface area contributed by atoms with Gasteiger partial charge in [0.05, 0.1) is 12.5 Å². The highest BCUT2D eigenvalue weighted by Gasteiger charge is 2.13. The Morgan fingerprint density at radius 3 is 2.93 bits per heavy atom. The summed E-state index contributed by atoms with van der Waals surface area (Å²) in [6.07, 6.45) is 5.06. The van der Waals surface area contributed by atoms with Crippen molar-refractivity contribution in [2.45, 2.75) is 25.8 Å². The molecule has 1 aromatic rings. The number of rotatable bonds is 5. The first-order valence-corrected chi connectivity index (χ1v) is 5.16. The lowest BCUT2D eigenvalue weighted by Gasteiger charge is -2.15. The first kappa shape index (κ1) is 11.7. The molecule has 0 aliphatic heterocycles. The number of amides is 1. The second kappa shape index (κ2) is 5.50. The van der Waals surface area contributed by atoms with Crippen molar-refractivity contribution >= 4 is 5.91 Å². The molecule has 0 aliphatic carbocycles. The standard InChI is InChI=1S/C10H18N4O/c1-3-4-8(5-11)13-10(15)9-6-12-7-14(9)2/h6-8H,3-5,11H2,1-2H3,(H,13,15). The molecule has 84 valence electrons. The van der Waals surface area contributed by atoms with Crippen molar-refractivity contribution in [2.75, 3.05) is 6.54 Å². The Kier molecular flexibility index (Phi) is 4.30. The van der Waals surface area contributed by atoms with E-state index in [1.807, 2.05) is 0 Å². The van der Waals surface area contributed by atoms with Crippen LogP contribution in [0.5, 0.6) is 0 Å². The van der Waals surface area contributed by atoms with E-state index in [0.29, 0.717) is 12.2 Å². The van der Waals surface area contributed by atoms with Gasteiger partial charge in [-0.15, -0.1) is 0 Å². The van der Waals surface area contributed by atoms with Crippen molar-refractivity contribution in [1.29, 1.82) is 0 Å². The zero-order chi connectivity index (χ0) is 11.3. The van der Waals surface area contributed by atoms with Crippen LogP contribution in [0.1, 0.15) is 30.3 Å². The molecule has 1 rings (SSSR count). The third kappa shape index (κ3) is 3.06. The number of carbonyl (C=O) groups is 1. The zero-order valence-corrected chi connectivity index (χ0v) is 9.23. The van der Waals surface area contributed by atoms with Crippen molar-refractivity contribution in [3.63, 3.8) is 0 Å².